The average Bonchev–Trinajstić information content (AvgIpc) is 3.55. The molecule has 1 N–H and O–H groups in total. The first kappa shape index (κ1) is 34.2. The average molecular weight is 735 g/mol. The second kappa shape index (κ2) is 13.0. The number of aliphatic hydroxyl groups excluding tert-OH is 1. The van der Waals surface area contributed by atoms with Crippen molar-refractivity contribution in [2.24, 2.45) is 0 Å². The van der Waals surface area contributed by atoms with Gasteiger partial charge in [0, 0.05) is 60.9 Å². The Labute approximate surface area is 296 Å². The van der Waals surface area contributed by atoms with Crippen molar-refractivity contribution in [1.82, 2.24) is 40.2 Å². The standard InChI is InChI=1S/C35H28F6N10O2/c36-24-4-11-28(29(37)17-24)33(20-50-21-43-45-47-50)34(38,53-33)31-12-3-23(18-42-31)22-1-5-25(6-2-22)48-13-15-49(16-14-48)26-7-9-27(10-8-26)51-19-30(44-46-51)32(52)35(39,40)41/h1-12,17-19,21,32,52H,13-16,20H2/t32?,33-,34?/m0/s1. The van der Waals surface area contributed by atoms with E-state index in [1.807, 2.05) is 36.4 Å². The Morgan fingerprint density at radius 1 is 0.811 bits per heavy atom. The highest BCUT2D eigenvalue weighted by molar-refractivity contribution is 5.66. The van der Waals surface area contributed by atoms with E-state index in [0.717, 1.165) is 67.0 Å². The number of alkyl halides is 4. The highest BCUT2D eigenvalue weighted by Gasteiger charge is 2.76. The predicted molar refractivity (Wildman–Crippen MR) is 176 cm³/mol. The van der Waals surface area contributed by atoms with Crippen LogP contribution in [-0.4, -0.2) is 77.6 Å². The van der Waals surface area contributed by atoms with Crippen molar-refractivity contribution in [3.8, 4) is 16.8 Å². The van der Waals surface area contributed by atoms with E-state index in [1.54, 1.807) is 18.2 Å². The number of hydrogen-bond donors (Lipinski definition) is 1. The smallest absolute Gasteiger partial charge is 0.378 e. The van der Waals surface area contributed by atoms with Crippen LogP contribution in [0, 0.1) is 11.6 Å². The van der Waals surface area contributed by atoms with E-state index in [4.69, 9.17) is 4.74 Å². The number of epoxide rings is 1. The van der Waals surface area contributed by atoms with Crippen LogP contribution in [0.15, 0.2) is 97.6 Å². The summed E-state index contributed by atoms with van der Waals surface area (Å²) in [4.78, 5) is 8.79. The molecule has 2 aliphatic heterocycles. The number of ether oxygens (including phenoxy) is 1. The molecule has 0 aliphatic carbocycles. The molecule has 18 heteroatoms. The van der Waals surface area contributed by atoms with Gasteiger partial charge in [0.25, 0.3) is 5.85 Å². The van der Waals surface area contributed by atoms with E-state index in [2.05, 4.69) is 40.6 Å². The number of aromatic nitrogens is 8. The lowest BCUT2D eigenvalue weighted by molar-refractivity contribution is -0.208. The first-order chi connectivity index (χ1) is 25.4. The van der Waals surface area contributed by atoms with Crippen LogP contribution in [-0.2, 0) is 22.7 Å². The third-order valence-electron chi connectivity index (χ3n) is 9.45. The summed E-state index contributed by atoms with van der Waals surface area (Å²) in [6.07, 6.45) is -3.74. The maximum absolute atomic E-state index is 16.5. The van der Waals surface area contributed by atoms with E-state index in [0.29, 0.717) is 11.8 Å². The summed E-state index contributed by atoms with van der Waals surface area (Å²) in [5.74, 6) is -4.31. The fraction of sp³-hybridized carbons (Fsp3) is 0.257. The van der Waals surface area contributed by atoms with Gasteiger partial charge in [0.2, 0.25) is 0 Å². The SMILES string of the molecule is OC(c1cn(-c2ccc(N3CCN(c4ccc(-c5ccc(C6(F)O[C@@]6(Cn6cnnn6)c6ccc(F)cc6F)nc5)cc4)CC3)cc2)nn1)C(F)(F)F. The fourth-order valence-electron chi connectivity index (χ4n) is 6.57. The Bertz CT molecular complexity index is 2210. The van der Waals surface area contributed by atoms with Crippen molar-refractivity contribution >= 4 is 11.4 Å². The molecule has 0 bridgehead atoms. The second-order valence-corrected chi connectivity index (χ2v) is 12.7. The van der Waals surface area contributed by atoms with Crippen LogP contribution in [0.4, 0.5) is 37.7 Å². The Morgan fingerprint density at radius 2 is 1.45 bits per heavy atom. The summed E-state index contributed by atoms with van der Waals surface area (Å²) in [5, 5.41) is 27.5. The summed E-state index contributed by atoms with van der Waals surface area (Å²) < 4.78 is 91.6. The van der Waals surface area contributed by atoms with E-state index in [-0.39, 0.29) is 17.8 Å². The molecule has 6 aromatic rings. The molecule has 2 fully saturated rings. The number of tetrazole rings is 1. The monoisotopic (exact) mass is 734 g/mol. The van der Waals surface area contributed by atoms with Gasteiger partial charge >= 0.3 is 6.18 Å². The highest BCUT2D eigenvalue weighted by atomic mass is 19.4. The molecular weight excluding hydrogens is 706 g/mol. The van der Waals surface area contributed by atoms with Gasteiger partial charge in [0.1, 0.15) is 29.3 Å². The van der Waals surface area contributed by atoms with Crippen molar-refractivity contribution in [2.75, 3.05) is 36.0 Å². The van der Waals surface area contributed by atoms with E-state index < -0.39 is 41.1 Å². The Morgan fingerprint density at radius 3 is 2.04 bits per heavy atom. The zero-order chi connectivity index (χ0) is 37.0. The summed E-state index contributed by atoms with van der Waals surface area (Å²) in [5.41, 5.74) is 1.29. The van der Waals surface area contributed by atoms with Gasteiger partial charge in [-0.2, -0.15) is 13.2 Å². The molecule has 0 radical (unpaired) electrons. The van der Waals surface area contributed by atoms with Crippen molar-refractivity contribution in [1.29, 1.82) is 0 Å². The maximum Gasteiger partial charge on any atom is 0.420 e. The number of benzene rings is 3. The van der Waals surface area contributed by atoms with Crippen LogP contribution in [0.3, 0.4) is 0 Å². The zero-order valence-corrected chi connectivity index (χ0v) is 27.4. The molecule has 3 atom stereocenters. The number of piperazine rings is 1. The molecule has 12 nitrogen and oxygen atoms in total. The van der Waals surface area contributed by atoms with Crippen molar-refractivity contribution in [3.05, 3.63) is 126 Å². The summed E-state index contributed by atoms with van der Waals surface area (Å²) in [6, 6.07) is 21.0. The van der Waals surface area contributed by atoms with Crippen LogP contribution < -0.4 is 9.80 Å². The van der Waals surface area contributed by atoms with Crippen LogP contribution in [0.5, 0.6) is 0 Å². The quantitative estimate of drug-likeness (QED) is 0.155. The molecule has 0 amide bonds. The number of nitrogens with zero attached hydrogens (tertiary/aromatic N) is 10. The number of hydrogen-bond acceptors (Lipinski definition) is 10. The predicted octanol–water partition coefficient (Wildman–Crippen LogP) is 5.26. The Kier molecular flexibility index (Phi) is 8.37. The molecule has 0 saturated carbocycles. The minimum Gasteiger partial charge on any atom is -0.378 e. The van der Waals surface area contributed by atoms with E-state index in [9.17, 15) is 27.1 Å². The molecule has 8 rings (SSSR count). The molecule has 272 valence electrons. The molecule has 53 heavy (non-hydrogen) atoms. The third kappa shape index (κ3) is 6.33. The van der Waals surface area contributed by atoms with Crippen LogP contribution >= 0.6 is 0 Å². The van der Waals surface area contributed by atoms with Crippen LogP contribution in [0.1, 0.15) is 23.1 Å². The highest BCUT2D eigenvalue weighted by Crippen LogP contribution is 2.64. The van der Waals surface area contributed by atoms with Gasteiger partial charge in [-0.15, -0.1) is 10.2 Å². The molecule has 5 heterocycles. The topological polar surface area (TPSA) is 126 Å². The maximum atomic E-state index is 16.5. The molecule has 2 unspecified atom stereocenters. The largest absolute Gasteiger partial charge is 0.420 e. The van der Waals surface area contributed by atoms with Gasteiger partial charge in [-0.3, -0.25) is 4.98 Å². The first-order valence-electron chi connectivity index (χ1n) is 16.3. The minimum atomic E-state index is -4.83. The lowest BCUT2D eigenvalue weighted by atomic mass is 9.91. The third-order valence-corrected chi connectivity index (χ3v) is 9.45. The van der Waals surface area contributed by atoms with E-state index >= 15 is 4.39 Å². The Balaban J connectivity index is 0.905. The molecule has 3 aromatic heterocycles. The van der Waals surface area contributed by atoms with E-state index in [1.165, 1.54) is 28.0 Å². The molecule has 2 aliphatic rings. The number of anilines is 2. The number of rotatable bonds is 9. The van der Waals surface area contributed by atoms with Gasteiger partial charge < -0.3 is 19.6 Å². The van der Waals surface area contributed by atoms with Gasteiger partial charge in [0.15, 0.2) is 11.7 Å². The number of halogens is 6. The summed E-state index contributed by atoms with van der Waals surface area (Å²) in [6.45, 7) is 2.64. The van der Waals surface area contributed by atoms with Crippen molar-refractivity contribution < 1.29 is 36.2 Å². The fourth-order valence-corrected chi connectivity index (χ4v) is 6.57. The lowest BCUT2D eigenvalue weighted by Crippen LogP contribution is -2.46. The van der Waals surface area contributed by atoms with Crippen molar-refractivity contribution in [3.63, 3.8) is 0 Å². The molecule has 0 spiro atoms. The first-order valence-corrected chi connectivity index (χ1v) is 16.3. The summed E-state index contributed by atoms with van der Waals surface area (Å²) in [7, 11) is 0. The number of aliphatic hydroxyl groups is 1. The lowest BCUT2D eigenvalue weighted by Gasteiger charge is -2.37. The second-order valence-electron chi connectivity index (χ2n) is 12.7. The Hall–Kier alpha value is -5.88. The van der Waals surface area contributed by atoms with Gasteiger partial charge in [-0.05, 0) is 70.6 Å². The van der Waals surface area contributed by atoms with Gasteiger partial charge in [0.05, 0.1) is 18.4 Å². The number of pyridine rings is 1. The molecule has 3 aromatic carbocycles. The minimum absolute atomic E-state index is 0.0875. The van der Waals surface area contributed by atoms with Gasteiger partial charge in [-0.1, -0.05) is 23.4 Å². The normalized spacial score (nSPS) is 20.8. The summed E-state index contributed by atoms with van der Waals surface area (Å²) >= 11 is 0. The molecular formula is C35H28F6N10O2. The van der Waals surface area contributed by atoms with Crippen LogP contribution in [0.2, 0.25) is 0 Å². The van der Waals surface area contributed by atoms with Crippen molar-refractivity contribution in [2.45, 2.75) is 30.3 Å². The van der Waals surface area contributed by atoms with Gasteiger partial charge in [-0.25, -0.2) is 22.5 Å². The zero-order valence-electron chi connectivity index (χ0n) is 27.4. The molecule has 2 saturated heterocycles. The van der Waals surface area contributed by atoms with Crippen LogP contribution in [0.25, 0.3) is 16.8 Å².